The van der Waals surface area contributed by atoms with E-state index < -0.39 is 0 Å². The van der Waals surface area contributed by atoms with Crippen LogP contribution in [-0.2, 0) is 4.74 Å². The van der Waals surface area contributed by atoms with Crippen LogP contribution in [0.25, 0.3) is 0 Å². The molecule has 0 unspecified atom stereocenters. The van der Waals surface area contributed by atoms with Gasteiger partial charge in [0.25, 0.3) is 5.56 Å². The molecule has 0 radical (unpaired) electrons. The molecule has 0 bridgehead atoms. The summed E-state index contributed by atoms with van der Waals surface area (Å²) >= 11 is 0. The van der Waals surface area contributed by atoms with Crippen molar-refractivity contribution in [1.82, 2.24) is 9.97 Å². The van der Waals surface area contributed by atoms with Crippen LogP contribution in [0.2, 0.25) is 0 Å². The van der Waals surface area contributed by atoms with E-state index in [0.29, 0.717) is 23.7 Å². The summed E-state index contributed by atoms with van der Waals surface area (Å²) in [5.74, 6) is 0.769. The number of rotatable bonds is 4. The van der Waals surface area contributed by atoms with Gasteiger partial charge in [0.05, 0.1) is 18.2 Å². The molecule has 2 aromatic rings. The van der Waals surface area contributed by atoms with Crippen molar-refractivity contribution in [2.24, 2.45) is 0 Å². The lowest BCUT2D eigenvalue weighted by atomic mass is 10.2. The number of carbonyl (C=O) groups is 1. The SMILES string of the molecule is CCOC(=O)c1ccc(Oc2cc(=O)[nH]c(C)n2)cc1. The molecule has 0 atom stereocenters. The maximum absolute atomic E-state index is 11.5. The van der Waals surface area contributed by atoms with Gasteiger partial charge in [0.1, 0.15) is 11.6 Å². The minimum absolute atomic E-state index is 0.204. The minimum Gasteiger partial charge on any atom is -0.462 e. The molecule has 20 heavy (non-hydrogen) atoms. The van der Waals surface area contributed by atoms with E-state index in [1.165, 1.54) is 6.07 Å². The first kappa shape index (κ1) is 13.8. The van der Waals surface area contributed by atoms with Gasteiger partial charge in [0.2, 0.25) is 5.88 Å². The summed E-state index contributed by atoms with van der Waals surface area (Å²) in [5.41, 5.74) is 0.157. The molecule has 6 nitrogen and oxygen atoms in total. The number of aromatic nitrogens is 2. The van der Waals surface area contributed by atoms with Gasteiger partial charge in [-0.1, -0.05) is 0 Å². The average molecular weight is 274 g/mol. The number of hydrogen-bond donors (Lipinski definition) is 1. The Morgan fingerprint density at radius 3 is 2.60 bits per heavy atom. The van der Waals surface area contributed by atoms with Crippen LogP contribution in [-0.4, -0.2) is 22.5 Å². The van der Waals surface area contributed by atoms with Gasteiger partial charge in [0.15, 0.2) is 0 Å². The number of aromatic amines is 1. The number of nitrogens with one attached hydrogen (secondary N) is 1. The molecule has 1 aromatic heterocycles. The fourth-order valence-electron chi connectivity index (χ4n) is 1.60. The summed E-state index contributed by atoms with van der Waals surface area (Å²) in [6.07, 6.45) is 0. The van der Waals surface area contributed by atoms with Gasteiger partial charge in [-0.2, -0.15) is 0 Å². The van der Waals surface area contributed by atoms with E-state index in [2.05, 4.69) is 9.97 Å². The number of hydrogen-bond acceptors (Lipinski definition) is 5. The quantitative estimate of drug-likeness (QED) is 0.863. The van der Waals surface area contributed by atoms with Crippen molar-refractivity contribution in [2.45, 2.75) is 13.8 Å². The monoisotopic (exact) mass is 274 g/mol. The second-order valence-corrected chi connectivity index (χ2v) is 4.02. The van der Waals surface area contributed by atoms with Crippen LogP contribution >= 0.6 is 0 Å². The van der Waals surface area contributed by atoms with E-state index in [1.807, 2.05) is 0 Å². The third-order valence-electron chi connectivity index (χ3n) is 2.42. The van der Waals surface area contributed by atoms with E-state index in [4.69, 9.17) is 9.47 Å². The van der Waals surface area contributed by atoms with E-state index >= 15 is 0 Å². The van der Waals surface area contributed by atoms with Crippen molar-refractivity contribution in [1.29, 1.82) is 0 Å². The Labute approximate surface area is 115 Å². The number of H-pyrrole nitrogens is 1. The van der Waals surface area contributed by atoms with Crippen LogP contribution in [0.3, 0.4) is 0 Å². The number of ether oxygens (including phenoxy) is 2. The van der Waals surface area contributed by atoms with Crippen LogP contribution in [0, 0.1) is 6.92 Å². The highest BCUT2D eigenvalue weighted by Crippen LogP contribution is 2.19. The first-order chi connectivity index (χ1) is 9.58. The number of nitrogens with zero attached hydrogens (tertiary/aromatic N) is 1. The molecule has 104 valence electrons. The Kier molecular flexibility index (Phi) is 4.14. The van der Waals surface area contributed by atoms with E-state index in [0.717, 1.165) is 0 Å². The Morgan fingerprint density at radius 1 is 1.30 bits per heavy atom. The van der Waals surface area contributed by atoms with Crippen molar-refractivity contribution in [3.63, 3.8) is 0 Å². The minimum atomic E-state index is -0.385. The molecular weight excluding hydrogens is 260 g/mol. The molecule has 6 heteroatoms. The molecule has 0 aliphatic heterocycles. The zero-order valence-corrected chi connectivity index (χ0v) is 11.2. The van der Waals surface area contributed by atoms with Crippen molar-refractivity contribution >= 4 is 5.97 Å². The average Bonchev–Trinajstić information content (AvgIpc) is 2.38. The van der Waals surface area contributed by atoms with Crippen molar-refractivity contribution in [3.05, 3.63) is 52.1 Å². The summed E-state index contributed by atoms with van der Waals surface area (Å²) in [4.78, 5) is 29.3. The molecule has 0 saturated heterocycles. The Balaban J connectivity index is 2.14. The fourth-order valence-corrected chi connectivity index (χ4v) is 1.60. The summed E-state index contributed by atoms with van der Waals surface area (Å²) in [6.45, 7) is 3.74. The second-order valence-electron chi connectivity index (χ2n) is 4.02. The third-order valence-corrected chi connectivity index (χ3v) is 2.42. The number of aryl methyl sites for hydroxylation is 1. The molecule has 1 N–H and O–H groups in total. The molecule has 0 spiro atoms. The number of esters is 1. The zero-order chi connectivity index (χ0) is 14.5. The van der Waals surface area contributed by atoms with Crippen LogP contribution in [0.5, 0.6) is 11.6 Å². The van der Waals surface area contributed by atoms with E-state index in [1.54, 1.807) is 38.1 Å². The molecule has 0 saturated carbocycles. The van der Waals surface area contributed by atoms with Gasteiger partial charge in [-0.05, 0) is 38.1 Å². The molecule has 0 amide bonds. The van der Waals surface area contributed by atoms with E-state index in [9.17, 15) is 9.59 Å². The standard InChI is InChI=1S/C14H14N2O4/c1-3-19-14(18)10-4-6-11(7-5-10)20-13-8-12(17)15-9(2)16-13/h4-8H,3H2,1-2H3,(H,15,16,17). The van der Waals surface area contributed by atoms with Crippen molar-refractivity contribution in [2.75, 3.05) is 6.61 Å². The summed E-state index contributed by atoms with van der Waals surface area (Å²) < 4.78 is 10.3. The third kappa shape index (κ3) is 3.44. The van der Waals surface area contributed by atoms with Gasteiger partial charge in [-0.25, -0.2) is 9.78 Å². The van der Waals surface area contributed by atoms with Gasteiger partial charge in [-0.15, -0.1) is 0 Å². The lowest BCUT2D eigenvalue weighted by molar-refractivity contribution is 0.0526. The van der Waals surface area contributed by atoms with Gasteiger partial charge >= 0.3 is 5.97 Å². The van der Waals surface area contributed by atoms with Gasteiger partial charge < -0.3 is 14.5 Å². The van der Waals surface area contributed by atoms with Crippen LogP contribution < -0.4 is 10.3 Å². The van der Waals surface area contributed by atoms with Crippen LogP contribution in [0.4, 0.5) is 0 Å². The molecule has 1 heterocycles. The lowest BCUT2D eigenvalue weighted by Crippen LogP contribution is -2.08. The predicted octanol–water partition coefficient (Wildman–Crippen LogP) is 2.05. The van der Waals surface area contributed by atoms with Gasteiger partial charge in [-0.3, -0.25) is 4.79 Å². The molecular formula is C14H14N2O4. The van der Waals surface area contributed by atoms with Crippen LogP contribution in [0.15, 0.2) is 35.1 Å². The molecule has 0 fully saturated rings. The summed E-state index contributed by atoms with van der Waals surface area (Å²) in [5, 5.41) is 0. The second kappa shape index (κ2) is 6.01. The zero-order valence-electron chi connectivity index (χ0n) is 11.2. The predicted molar refractivity (Wildman–Crippen MR) is 72.1 cm³/mol. The van der Waals surface area contributed by atoms with Crippen molar-refractivity contribution in [3.8, 4) is 11.6 Å². The summed E-state index contributed by atoms with van der Waals surface area (Å²) in [7, 11) is 0. The maximum atomic E-state index is 11.5. The molecule has 0 aliphatic rings. The molecule has 0 aliphatic carbocycles. The topological polar surface area (TPSA) is 81.3 Å². The molecule has 2 rings (SSSR count). The van der Waals surface area contributed by atoms with Gasteiger partial charge in [0, 0.05) is 0 Å². The first-order valence-corrected chi connectivity index (χ1v) is 6.11. The first-order valence-electron chi connectivity index (χ1n) is 6.11. The Bertz CT molecular complexity index is 662. The highest BCUT2D eigenvalue weighted by molar-refractivity contribution is 5.89. The highest BCUT2D eigenvalue weighted by atomic mass is 16.5. The Hall–Kier alpha value is -2.63. The van der Waals surface area contributed by atoms with Crippen LogP contribution in [0.1, 0.15) is 23.1 Å². The smallest absolute Gasteiger partial charge is 0.338 e. The maximum Gasteiger partial charge on any atom is 0.338 e. The van der Waals surface area contributed by atoms with Crippen molar-refractivity contribution < 1.29 is 14.3 Å². The van der Waals surface area contributed by atoms with E-state index in [-0.39, 0.29) is 17.4 Å². The highest BCUT2D eigenvalue weighted by Gasteiger charge is 2.07. The fraction of sp³-hybridized carbons (Fsp3) is 0.214. The summed E-state index contributed by atoms with van der Waals surface area (Å²) in [6, 6.07) is 7.67. The molecule has 1 aromatic carbocycles. The number of carbonyl (C=O) groups excluding carboxylic acids is 1. The largest absolute Gasteiger partial charge is 0.462 e. The Morgan fingerprint density at radius 2 is 2.00 bits per heavy atom. The lowest BCUT2D eigenvalue weighted by Gasteiger charge is -2.06. The number of benzene rings is 1. The normalized spacial score (nSPS) is 10.1.